The first-order valence-corrected chi connectivity index (χ1v) is 7.86. The van der Waals surface area contributed by atoms with Crippen LogP contribution in [0.1, 0.15) is 5.56 Å². The Morgan fingerprint density at radius 3 is 2.20 bits per heavy atom. The van der Waals surface area contributed by atoms with Crippen molar-refractivity contribution < 1.29 is 9.49 Å². The van der Waals surface area contributed by atoms with Gasteiger partial charge in [0.25, 0.3) is 5.69 Å². The maximum absolute atomic E-state index is 12.6. The third kappa shape index (κ3) is 2.72. The highest BCUT2D eigenvalue weighted by Crippen LogP contribution is 2.56. The van der Waals surface area contributed by atoms with Crippen LogP contribution in [0.15, 0.2) is 29.4 Å². The van der Waals surface area contributed by atoms with Crippen molar-refractivity contribution in [3.05, 3.63) is 39.9 Å². The molecule has 106 valence electrons. The minimum Gasteiger partial charge on any atom is -0.262 e. The smallest absolute Gasteiger partial charge is 0.262 e. The van der Waals surface area contributed by atoms with E-state index in [-0.39, 0.29) is 5.69 Å². The number of non-ortho nitro benzene ring substituents is 1. The first-order chi connectivity index (χ1) is 9.59. The molecule has 2 saturated heterocycles. The van der Waals surface area contributed by atoms with Gasteiger partial charge < -0.3 is 0 Å². The summed E-state index contributed by atoms with van der Waals surface area (Å²) in [6.45, 7) is 3.31. The fourth-order valence-corrected chi connectivity index (χ4v) is 3.88. The van der Waals surface area contributed by atoms with Crippen LogP contribution in [-0.2, 0) is 4.57 Å². The van der Waals surface area contributed by atoms with E-state index in [1.165, 1.54) is 18.3 Å². The molecule has 0 radical (unpaired) electrons. The van der Waals surface area contributed by atoms with E-state index < -0.39 is 12.5 Å². The molecular formula is C11H14N5O3P. The number of benzene rings is 1. The monoisotopic (exact) mass is 295 g/mol. The van der Waals surface area contributed by atoms with Crippen LogP contribution in [0.2, 0.25) is 0 Å². The lowest BCUT2D eigenvalue weighted by Gasteiger charge is -2.18. The third-order valence-electron chi connectivity index (χ3n) is 3.12. The number of rotatable bonds is 6. The van der Waals surface area contributed by atoms with Gasteiger partial charge in [0, 0.05) is 38.3 Å². The van der Waals surface area contributed by atoms with Gasteiger partial charge in [-0.1, -0.05) is 0 Å². The predicted octanol–water partition coefficient (Wildman–Crippen LogP) is 1.26. The average molecular weight is 295 g/mol. The maximum Gasteiger partial charge on any atom is 0.324 e. The minimum absolute atomic E-state index is 0.0361. The van der Waals surface area contributed by atoms with E-state index in [4.69, 9.17) is 0 Å². The van der Waals surface area contributed by atoms with Gasteiger partial charge in [-0.15, -0.1) is 0 Å². The number of nitrogens with one attached hydrogen (secondary N) is 1. The van der Waals surface area contributed by atoms with Gasteiger partial charge in [-0.2, -0.15) is 5.10 Å². The molecule has 0 saturated carbocycles. The summed E-state index contributed by atoms with van der Waals surface area (Å²) in [5.74, 6) is 0. The zero-order chi connectivity index (χ0) is 14.2. The van der Waals surface area contributed by atoms with Crippen LogP contribution in [-0.4, -0.2) is 46.7 Å². The van der Waals surface area contributed by atoms with Gasteiger partial charge in [0.15, 0.2) is 0 Å². The van der Waals surface area contributed by atoms with Gasteiger partial charge in [-0.3, -0.25) is 14.7 Å². The number of hydrogen-bond donors (Lipinski definition) is 1. The van der Waals surface area contributed by atoms with Crippen LogP contribution >= 0.6 is 7.59 Å². The van der Waals surface area contributed by atoms with Crippen LogP contribution < -0.4 is 5.20 Å². The Morgan fingerprint density at radius 1 is 1.20 bits per heavy atom. The molecule has 0 amide bonds. The second kappa shape index (κ2) is 4.97. The van der Waals surface area contributed by atoms with Crippen molar-refractivity contribution in [2.75, 3.05) is 26.2 Å². The van der Waals surface area contributed by atoms with E-state index in [2.05, 4.69) is 10.3 Å². The van der Waals surface area contributed by atoms with Gasteiger partial charge in [-0.25, -0.2) is 14.5 Å². The molecule has 1 aromatic carbocycles. The quantitative estimate of drug-likeness (QED) is 0.279. The van der Waals surface area contributed by atoms with Crippen molar-refractivity contribution in [1.29, 1.82) is 0 Å². The molecule has 20 heavy (non-hydrogen) atoms. The van der Waals surface area contributed by atoms with E-state index in [1.54, 1.807) is 12.1 Å². The Labute approximate surface area is 115 Å². The fourth-order valence-electron chi connectivity index (χ4n) is 1.80. The van der Waals surface area contributed by atoms with Crippen molar-refractivity contribution in [3.8, 4) is 0 Å². The topological polar surface area (TPSA) is 90.6 Å². The highest BCUT2D eigenvalue weighted by molar-refractivity contribution is 7.57. The number of hydrazone groups is 1. The average Bonchev–Trinajstić information content (AvgIpc) is 3.31. The van der Waals surface area contributed by atoms with Crippen LogP contribution in [0, 0.1) is 10.1 Å². The lowest BCUT2D eigenvalue weighted by atomic mass is 10.2. The van der Waals surface area contributed by atoms with Crippen molar-refractivity contribution in [2.45, 2.75) is 0 Å². The number of hydrogen-bond acceptors (Lipinski definition) is 4. The Kier molecular flexibility index (Phi) is 3.29. The molecule has 2 aliphatic heterocycles. The molecule has 9 heteroatoms. The Bertz CT molecular complexity index is 579. The highest BCUT2D eigenvalue weighted by Gasteiger charge is 2.48. The highest BCUT2D eigenvalue weighted by atomic mass is 31.2. The summed E-state index contributed by atoms with van der Waals surface area (Å²) in [6, 6.07) is 6.03. The summed E-state index contributed by atoms with van der Waals surface area (Å²) >= 11 is 0. The SMILES string of the molecule is O=[N+]([O-])c1ccc(C=NNP(=O)(N2CC2)N2CC2)cc1. The molecule has 0 spiro atoms. The van der Waals surface area contributed by atoms with Gasteiger partial charge in [0.05, 0.1) is 11.1 Å². The van der Waals surface area contributed by atoms with E-state index in [0.29, 0.717) is 5.56 Å². The van der Waals surface area contributed by atoms with Crippen molar-refractivity contribution in [2.24, 2.45) is 5.10 Å². The second-order valence-corrected chi connectivity index (χ2v) is 7.08. The number of nitrogens with zero attached hydrogens (tertiary/aromatic N) is 4. The molecule has 3 rings (SSSR count). The predicted molar refractivity (Wildman–Crippen MR) is 74.6 cm³/mol. The minimum atomic E-state index is -2.69. The van der Waals surface area contributed by atoms with E-state index in [9.17, 15) is 14.7 Å². The summed E-state index contributed by atoms with van der Waals surface area (Å²) in [6.07, 6.45) is 1.52. The summed E-state index contributed by atoms with van der Waals surface area (Å²) in [5, 5.41) is 17.3. The number of nitro benzene ring substituents is 1. The second-order valence-electron chi connectivity index (χ2n) is 4.66. The summed E-state index contributed by atoms with van der Waals surface area (Å²) < 4.78 is 16.3. The van der Waals surface area contributed by atoms with Gasteiger partial charge >= 0.3 is 7.59 Å². The molecule has 0 aliphatic carbocycles. The van der Waals surface area contributed by atoms with Crippen molar-refractivity contribution in [3.63, 3.8) is 0 Å². The molecule has 0 unspecified atom stereocenters. The van der Waals surface area contributed by atoms with Gasteiger partial charge in [0.2, 0.25) is 0 Å². The van der Waals surface area contributed by atoms with E-state index >= 15 is 0 Å². The molecule has 1 aromatic rings. The molecule has 2 aliphatic rings. The molecule has 2 heterocycles. The standard InChI is InChI=1S/C11H14N5O3P/c17-16(18)11-3-1-10(2-4-11)9-12-13-20(19,14-5-6-14)15-7-8-15/h1-4,9H,5-8H2,(H,13,19). The van der Waals surface area contributed by atoms with Crippen LogP contribution in [0.4, 0.5) is 5.69 Å². The van der Waals surface area contributed by atoms with Gasteiger partial charge in [0.1, 0.15) is 0 Å². The summed E-state index contributed by atoms with van der Waals surface area (Å²) in [7, 11) is -2.69. The molecule has 0 bridgehead atoms. The largest absolute Gasteiger partial charge is 0.324 e. The summed E-state index contributed by atoms with van der Waals surface area (Å²) in [5.41, 5.74) is 0.750. The van der Waals surface area contributed by atoms with Crippen molar-refractivity contribution in [1.82, 2.24) is 14.5 Å². The normalized spacial score (nSPS) is 19.2. The molecule has 8 nitrogen and oxygen atoms in total. The number of nitro groups is 1. The van der Waals surface area contributed by atoms with Crippen LogP contribution in [0.25, 0.3) is 0 Å². The Balaban J connectivity index is 1.65. The first-order valence-electron chi connectivity index (χ1n) is 6.25. The Hall–Kier alpha value is -1.76. The lowest BCUT2D eigenvalue weighted by Crippen LogP contribution is -2.16. The zero-order valence-corrected chi connectivity index (χ0v) is 11.6. The Morgan fingerprint density at radius 2 is 1.75 bits per heavy atom. The fraction of sp³-hybridized carbons (Fsp3) is 0.364. The maximum atomic E-state index is 12.6. The van der Waals surface area contributed by atoms with Crippen LogP contribution in [0.5, 0.6) is 0 Å². The third-order valence-corrected chi connectivity index (χ3v) is 5.83. The van der Waals surface area contributed by atoms with E-state index in [0.717, 1.165) is 26.2 Å². The molecular weight excluding hydrogens is 281 g/mol. The lowest BCUT2D eigenvalue weighted by molar-refractivity contribution is -0.384. The van der Waals surface area contributed by atoms with E-state index in [1.807, 2.05) is 9.34 Å². The molecule has 1 N–H and O–H groups in total. The summed E-state index contributed by atoms with van der Waals surface area (Å²) in [4.78, 5) is 10.1. The molecule has 2 fully saturated rings. The zero-order valence-electron chi connectivity index (χ0n) is 10.7. The van der Waals surface area contributed by atoms with Crippen molar-refractivity contribution >= 4 is 19.5 Å². The first kappa shape index (κ1) is 13.2. The van der Waals surface area contributed by atoms with Crippen LogP contribution in [0.3, 0.4) is 0 Å². The molecule has 0 atom stereocenters. The molecule has 0 aromatic heterocycles. The van der Waals surface area contributed by atoms with Gasteiger partial charge in [-0.05, 0) is 17.7 Å².